The zero-order valence-electron chi connectivity index (χ0n) is 11.6. The number of aldehydes is 1. The molecule has 3 rings (SSSR count). The van der Waals surface area contributed by atoms with Crippen LogP contribution in [-0.2, 0) is 0 Å². The van der Waals surface area contributed by atoms with Crippen molar-refractivity contribution in [2.75, 3.05) is 24.5 Å². The van der Waals surface area contributed by atoms with Gasteiger partial charge in [-0.05, 0) is 26.3 Å². The molecule has 6 heteroatoms. The van der Waals surface area contributed by atoms with Gasteiger partial charge in [0.15, 0.2) is 6.29 Å². The van der Waals surface area contributed by atoms with Gasteiger partial charge in [-0.25, -0.2) is 9.97 Å². The van der Waals surface area contributed by atoms with E-state index in [1.807, 2.05) is 0 Å². The summed E-state index contributed by atoms with van der Waals surface area (Å²) in [6.07, 6.45) is 6.00. The maximum atomic E-state index is 11.3. The summed E-state index contributed by atoms with van der Waals surface area (Å²) >= 11 is 6.01. The van der Waals surface area contributed by atoms with Crippen LogP contribution in [0.5, 0.6) is 0 Å². The number of anilines is 1. The summed E-state index contributed by atoms with van der Waals surface area (Å²) in [6, 6.07) is 0.891. The molecule has 2 aliphatic rings. The predicted molar refractivity (Wildman–Crippen MR) is 78.4 cm³/mol. The van der Waals surface area contributed by atoms with E-state index in [1.165, 1.54) is 32.1 Å². The van der Waals surface area contributed by atoms with Crippen molar-refractivity contribution in [3.05, 3.63) is 17.0 Å². The Hall–Kier alpha value is -1.20. The maximum Gasteiger partial charge on any atom is 0.156 e. The predicted octanol–water partition coefficient (Wildman–Crippen LogP) is 2.01. The topological polar surface area (TPSA) is 49.3 Å². The van der Waals surface area contributed by atoms with Gasteiger partial charge in [0.2, 0.25) is 0 Å². The normalized spacial score (nSPS) is 27.2. The molecule has 0 bridgehead atoms. The Morgan fingerprint density at radius 3 is 3.00 bits per heavy atom. The summed E-state index contributed by atoms with van der Waals surface area (Å²) in [4.78, 5) is 24.3. The number of hydrogen-bond acceptors (Lipinski definition) is 5. The summed E-state index contributed by atoms with van der Waals surface area (Å²) in [6.45, 7) is 5.29. The van der Waals surface area contributed by atoms with Gasteiger partial charge in [-0.15, -0.1) is 0 Å². The quantitative estimate of drug-likeness (QED) is 0.617. The molecule has 0 saturated carbocycles. The van der Waals surface area contributed by atoms with Gasteiger partial charge in [-0.2, -0.15) is 0 Å². The van der Waals surface area contributed by atoms with Crippen LogP contribution >= 0.6 is 11.6 Å². The minimum absolute atomic E-state index is 0.239. The third-order valence-corrected chi connectivity index (χ3v) is 4.69. The van der Waals surface area contributed by atoms with E-state index in [-0.39, 0.29) is 5.15 Å². The van der Waals surface area contributed by atoms with Crippen LogP contribution < -0.4 is 4.90 Å². The summed E-state index contributed by atoms with van der Waals surface area (Å²) in [5.74, 6) is 0.678. The maximum absolute atomic E-state index is 11.3. The van der Waals surface area contributed by atoms with E-state index in [1.54, 1.807) is 0 Å². The summed E-state index contributed by atoms with van der Waals surface area (Å²) < 4.78 is 0. The molecule has 1 aromatic heterocycles. The first-order valence-corrected chi connectivity index (χ1v) is 7.55. The number of hydrogen-bond donors (Lipinski definition) is 0. The Morgan fingerprint density at radius 1 is 1.35 bits per heavy atom. The Bertz CT molecular complexity index is 510. The molecular formula is C14H19ClN4O. The molecule has 2 saturated heterocycles. The van der Waals surface area contributed by atoms with Crippen molar-refractivity contribution in [3.63, 3.8) is 0 Å². The van der Waals surface area contributed by atoms with Crippen LogP contribution in [0, 0.1) is 0 Å². The molecule has 0 amide bonds. The molecule has 20 heavy (non-hydrogen) atoms. The minimum Gasteiger partial charge on any atom is -0.350 e. The molecule has 2 unspecified atom stereocenters. The van der Waals surface area contributed by atoms with Crippen LogP contribution in [0.2, 0.25) is 5.15 Å². The summed E-state index contributed by atoms with van der Waals surface area (Å²) in [5.41, 5.74) is 0.408. The number of carbonyl (C=O) groups is 1. The monoisotopic (exact) mass is 294 g/mol. The molecule has 108 valence electrons. The van der Waals surface area contributed by atoms with Crippen molar-refractivity contribution in [3.8, 4) is 0 Å². The van der Waals surface area contributed by atoms with Crippen LogP contribution in [-0.4, -0.2) is 52.9 Å². The van der Waals surface area contributed by atoms with Gasteiger partial charge in [0.05, 0.1) is 5.56 Å². The van der Waals surface area contributed by atoms with Crippen LogP contribution in [0.3, 0.4) is 0 Å². The fraction of sp³-hybridized carbons (Fsp3) is 0.643. The van der Waals surface area contributed by atoms with Crippen molar-refractivity contribution < 1.29 is 4.79 Å². The van der Waals surface area contributed by atoms with Crippen LogP contribution in [0.25, 0.3) is 0 Å². The third kappa shape index (κ3) is 2.40. The van der Waals surface area contributed by atoms with E-state index in [4.69, 9.17) is 11.6 Å². The second-order valence-electron chi connectivity index (χ2n) is 5.67. The first-order valence-electron chi connectivity index (χ1n) is 7.17. The van der Waals surface area contributed by atoms with Gasteiger partial charge in [-0.3, -0.25) is 9.69 Å². The third-order valence-electron chi connectivity index (χ3n) is 4.39. The Labute approximate surface area is 123 Å². The summed E-state index contributed by atoms with van der Waals surface area (Å²) in [7, 11) is 0. The molecule has 2 aliphatic heterocycles. The second-order valence-corrected chi connectivity index (χ2v) is 6.02. The van der Waals surface area contributed by atoms with Crippen molar-refractivity contribution in [1.29, 1.82) is 0 Å². The number of fused-ring (bicyclic) bond motifs is 1. The highest BCUT2D eigenvalue weighted by Crippen LogP contribution is 2.29. The number of carbonyl (C=O) groups excluding carboxylic acids is 1. The fourth-order valence-corrected chi connectivity index (χ4v) is 3.52. The Morgan fingerprint density at radius 2 is 2.20 bits per heavy atom. The first-order chi connectivity index (χ1) is 9.70. The van der Waals surface area contributed by atoms with E-state index in [0.717, 1.165) is 19.4 Å². The number of piperidine rings is 1. The van der Waals surface area contributed by atoms with Gasteiger partial charge >= 0.3 is 0 Å². The van der Waals surface area contributed by atoms with E-state index in [2.05, 4.69) is 26.7 Å². The second kappa shape index (κ2) is 5.66. The lowest BCUT2D eigenvalue weighted by atomic mass is 9.97. The molecule has 2 fully saturated rings. The highest BCUT2D eigenvalue weighted by Gasteiger charge is 2.34. The number of piperazine rings is 1. The van der Waals surface area contributed by atoms with Crippen molar-refractivity contribution >= 4 is 23.7 Å². The lowest BCUT2D eigenvalue weighted by molar-refractivity contribution is 0.111. The molecule has 3 heterocycles. The van der Waals surface area contributed by atoms with Gasteiger partial charge < -0.3 is 4.90 Å². The Balaban J connectivity index is 1.90. The van der Waals surface area contributed by atoms with Gasteiger partial charge in [-0.1, -0.05) is 18.0 Å². The average molecular weight is 295 g/mol. The lowest BCUT2D eigenvalue weighted by Gasteiger charge is -2.48. The van der Waals surface area contributed by atoms with Crippen molar-refractivity contribution in [2.45, 2.75) is 38.3 Å². The first kappa shape index (κ1) is 13.8. The SMILES string of the molecule is CC1CN2CCCCC2CN1c1ncnc(Cl)c1C=O. The van der Waals surface area contributed by atoms with Gasteiger partial charge in [0.25, 0.3) is 0 Å². The minimum atomic E-state index is 0.239. The van der Waals surface area contributed by atoms with E-state index < -0.39 is 0 Å². The van der Waals surface area contributed by atoms with Crippen molar-refractivity contribution in [1.82, 2.24) is 14.9 Å². The molecule has 1 aromatic rings. The average Bonchev–Trinajstić information content (AvgIpc) is 2.46. The van der Waals surface area contributed by atoms with E-state index in [9.17, 15) is 4.79 Å². The number of aromatic nitrogens is 2. The number of rotatable bonds is 2. The molecular weight excluding hydrogens is 276 g/mol. The molecule has 0 spiro atoms. The fourth-order valence-electron chi connectivity index (χ4n) is 3.34. The molecule has 5 nitrogen and oxygen atoms in total. The largest absolute Gasteiger partial charge is 0.350 e. The van der Waals surface area contributed by atoms with Crippen LogP contribution in [0.15, 0.2) is 6.33 Å². The van der Waals surface area contributed by atoms with Crippen LogP contribution in [0.1, 0.15) is 36.5 Å². The molecule has 0 N–H and O–H groups in total. The highest BCUT2D eigenvalue weighted by atomic mass is 35.5. The molecule has 0 aromatic carbocycles. The molecule has 2 atom stereocenters. The highest BCUT2D eigenvalue weighted by molar-refractivity contribution is 6.32. The van der Waals surface area contributed by atoms with Crippen molar-refractivity contribution in [2.24, 2.45) is 0 Å². The number of halogens is 1. The molecule has 0 aliphatic carbocycles. The van der Waals surface area contributed by atoms with Gasteiger partial charge in [0.1, 0.15) is 17.3 Å². The van der Waals surface area contributed by atoms with E-state index >= 15 is 0 Å². The molecule has 0 radical (unpaired) electrons. The summed E-state index contributed by atoms with van der Waals surface area (Å²) in [5, 5.41) is 0.239. The van der Waals surface area contributed by atoms with Gasteiger partial charge in [0, 0.05) is 25.2 Å². The van der Waals surface area contributed by atoms with E-state index in [0.29, 0.717) is 23.5 Å². The smallest absolute Gasteiger partial charge is 0.156 e. The lowest BCUT2D eigenvalue weighted by Crippen LogP contribution is -2.59. The Kier molecular flexibility index (Phi) is 3.89. The zero-order chi connectivity index (χ0) is 14.1. The standard InChI is InChI=1S/C14H19ClN4O/c1-10-6-18-5-3-2-4-11(18)7-19(10)14-12(8-20)13(15)16-9-17-14/h8-11H,2-7H2,1H3. The number of nitrogens with zero attached hydrogens (tertiary/aromatic N) is 4. The zero-order valence-corrected chi connectivity index (χ0v) is 12.4. The van der Waals surface area contributed by atoms with Crippen LogP contribution in [0.4, 0.5) is 5.82 Å².